The number of nitrogens with zero attached hydrogens (tertiary/aromatic N) is 3. The van der Waals surface area contributed by atoms with E-state index in [2.05, 4.69) is 17.1 Å². The second-order valence-electron chi connectivity index (χ2n) is 5.00. The molecule has 4 nitrogen and oxygen atoms in total. The minimum Gasteiger partial charge on any atom is -0.438 e. The molecule has 0 aliphatic heterocycles. The SMILES string of the molecule is N#Cc1ccc(Oc2nc3c(cc2C#N)CCCC3)cc1. The Labute approximate surface area is 123 Å². The zero-order valence-corrected chi connectivity index (χ0v) is 11.5. The quantitative estimate of drug-likeness (QED) is 0.841. The molecule has 3 rings (SSSR count). The van der Waals surface area contributed by atoms with E-state index in [1.165, 1.54) is 0 Å². The van der Waals surface area contributed by atoms with Crippen LogP contribution in [0.4, 0.5) is 0 Å². The summed E-state index contributed by atoms with van der Waals surface area (Å²) < 4.78 is 5.72. The van der Waals surface area contributed by atoms with Crippen LogP contribution in [0.5, 0.6) is 11.6 Å². The van der Waals surface area contributed by atoms with Crippen LogP contribution in [-0.4, -0.2) is 4.98 Å². The fraction of sp³-hybridized carbons (Fsp3) is 0.235. The molecule has 0 N–H and O–H groups in total. The van der Waals surface area contributed by atoms with Gasteiger partial charge in [0.2, 0.25) is 5.88 Å². The molecule has 0 spiro atoms. The van der Waals surface area contributed by atoms with E-state index in [1.807, 2.05) is 6.07 Å². The second-order valence-corrected chi connectivity index (χ2v) is 5.00. The lowest BCUT2D eigenvalue weighted by atomic mass is 9.95. The minimum absolute atomic E-state index is 0.350. The van der Waals surface area contributed by atoms with E-state index >= 15 is 0 Å². The van der Waals surface area contributed by atoms with Crippen molar-refractivity contribution in [2.45, 2.75) is 25.7 Å². The van der Waals surface area contributed by atoms with Gasteiger partial charge in [-0.25, -0.2) is 4.98 Å². The Morgan fingerprint density at radius 2 is 1.76 bits per heavy atom. The first kappa shape index (κ1) is 13.1. The number of rotatable bonds is 2. The lowest BCUT2D eigenvalue weighted by Gasteiger charge is -2.16. The zero-order chi connectivity index (χ0) is 14.7. The van der Waals surface area contributed by atoms with Crippen LogP contribution in [0.25, 0.3) is 0 Å². The Kier molecular flexibility index (Phi) is 3.53. The smallest absolute Gasteiger partial charge is 0.237 e. The highest BCUT2D eigenvalue weighted by Crippen LogP contribution is 2.28. The first-order valence-corrected chi connectivity index (χ1v) is 6.91. The molecule has 1 heterocycles. The number of hydrogen-bond acceptors (Lipinski definition) is 4. The van der Waals surface area contributed by atoms with Gasteiger partial charge < -0.3 is 4.74 Å². The van der Waals surface area contributed by atoms with E-state index in [9.17, 15) is 5.26 Å². The number of benzene rings is 1. The van der Waals surface area contributed by atoms with Gasteiger partial charge in [0, 0.05) is 5.69 Å². The van der Waals surface area contributed by atoms with Crippen LogP contribution in [0.1, 0.15) is 35.2 Å². The molecule has 1 aliphatic carbocycles. The maximum Gasteiger partial charge on any atom is 0.237 e. The van der Waals surface area contributed by atoms with E-state index in [0.29, 0.717) is 22.8 Å². The van der Waals surface area contributed by atoms with Gasteiger partial charge in [0.15, 0.2) is 0 Å². The maximum atomic E-state index is 9.27. The Hall–Kier alpha value is -2.85. The molecule has 1 aromatic heterocycles. The van der Waals surface area contributed by atoms with Crippen molar-refractivity contribution in [2.75, 3.05) is 0 Å². The van der Waals surface area contributed by atoms with Crippen molar-refractivity contribution in [3.63, 3.8) is 0 Å². The van der Waals surface area contributed by atoms with E-state index in [4.69, 9.17) is 10.00 Å². The van der Waals surface area contributed by atoms with E-state index in [0.717, 1.165) is 36.9 Å². The van der Waals surface area contributed by atoms with Crippen LogP contribution in [-0.2, 0) is 12.8 Å². The number of fused-ring (bicyclic) bond motifs is 1. The van der Waals surface area contributed by atoms with Crippen molar-refractivity contribution >= 4 is 0 Å². The van der Waals surface area contributed by atoms with Crippen molar-refractivity contribution in [1.29, 1.82) is 10.5 Å². The number of pyridine rings is 1. The average molecular weight is 275 g/mol. The normalized spacial score (nSPS) is 12.9. The van der Waals surface area contributed by atoms with Gasteiger partial charge in [-0.3, -0.25) is 0 Å². The third-order valence-electron chi connectivity index (χ3n) is 3.58. The summed E-state index contributed by atoms with van der Waals surface area (Å²) in [6.45, 7) is 0. The van der Waals surface area contributed by atoms with Gasteiger partial charge in [0.05, 0.1) is 11.6 Å². The number of hydrogen-bond donors (Lipinski definition) is 0. The fourth-order valence-electron chi connectivity index (χ4n) is 2.48. The van der Waals surface area contributed by atoms with E-state index in [1.54, 1.807) is 24.3 Å². The van der Waals surface area contributed by atoms with Gasteiger partial charge in [0.1, 0.15) is 17.4 Å². The Morgan fingerprint density at radius 3 is 2.48 bits per heavy atom. The molecular formula is C17H13N3O. The molecule has 1 aromatic carbocycles. The standard InChI is InChI=1S/C17H13N3O/c18-10-12-5-7-15(8-6-12)21-17-14(11-19)9-13-3-1-2-4-16(13)20-17/h5-9H,1-4H2. The molecule has 2 aromatic rings. The van der Waals surface area contributed by atoms with Crippen molar-refractivity contribution < 1.29 is 4.74 Å². The summed E-state index contributed by atoms with van der Waals surface area (Å²) in [6, 6.07) is 12.9. The van der Waals surface area contributed by atoms with Gasteiger partial charge in [-0.15, -0.1) is 0 Å². The van der Waals surface area contributed by atoms with Gasteiger partial charge in [-0.05, 0) is 61.6 Å². The molecule has 0 atom stereocenters. The topological polar surface area (TPSA) is 69.7 Å². The summed E-state index contributed by atoms with van der Waals surface area (Å²) >= 11 is 0. The summed E-state index contributed by atoms with van der Waals surface area (Å²) in [4.78, 5) is 4.51. The fourth-order valence-corrected chi connectivity index (χ4v) is 2.48. The largest absolute Gasteiger partial charge is 0.438 e. The first-order valence-electron chi connectivity index (χ1n) is 6.91. The van der Waals surface area contributed by atoms with Crippen molar-refractivity contribution in [1.82, 2.24) is 4.98 Å². The molecule has 0 bridgehead atoms. The molecule has 1 aliphatic rings. The summed E-state index contributed by atoms with van der Waals surface area (Å²) in [5.41, 5.74) is 3.22. The zero-order valence-electron chi connectivity index (χ0n) is 11.5. The van der Waals surface area contributed by atoms with E-state index in [-0.39, 0.29) is 0 Å². The molecular weight excluding hydrogens is 262 g/mol. The third-order valence-corrected chi connectivity index (χ3v) is 3.58. The van der Waals surface area contributed by atoms with Crippen molar-refractivity contribution in [3.8, 4) is 23.8 Å². The number of aryl methyl sites for hydroxylation is 2. The molecule has 0 fully saturated rings. The summed E-state index contributed by atoms with van der Waals surface area (Å²) in [5, 5.41) is 18.1. The predicted molar refractivity (Wildman–Crippen MR) is 76.8 cm³/mol. The molecule has 0 amide bonds. The monoisotopic (exact) mass is 275 g/mol. The molecule has 4 heteroatoms. The maximum absolute atomic E-state index is 9.27. The van der Waals surface area contributed by atoms with Gasteiger partial charge in [-0.2, -0.15) is 10.5 Å². The minimum atomic E-state index is 0.350. The lowest BCUT2D eigenvalue weighted by Crippen LogP contribution is -2.07. The highest BCUT2D eigenvalue weighted by atomic mass is 16.5. The molecule has 0 unspecified atom stereocenters. The van der Waals surface area contributed by atoms with Gasteiger partial charge in [0.25, 0.3) is 0 Å². The van der Waals surface area contributed by atoms with E-state index < -0.39 is 0 Å². The number of aromatic nitrogens is 1. The average Bonchev–Trinajstić information content (AvgIpc) is 2.55. The number of nitriles is 2. The molecule has 0 saturated heterocycles. The Morgan fingerprint density at radius 1 is 1.00 bits per heavy atom. The Balaban J connectivity index is 1.94. The van der Waals surface area contributed by atoms with Gasteiger partial charge >= 0.3 is 0 Å². The predicted octanol–water partition coefficient (Wildman–Crippen LogP) is 3.50. The Bertz CT molecular complexity index is 751. The van der Waals surface area contributed by atoms with Crippen LogP contribution < -0.4 is 4.74 Å². The molecule has 0 radical (unpaired) electrons. The first-order chi connectivity index (χ1) is 10.3. The van der Waals surface area contributed by atoms with Crippen LogP contribution in [0.2, 0.25) is 0 Å². The second kappa shape index (κ2) is 5.64. The highest BCUT2D eigenvalue weighted by Gasteiger charge is 2.16. The van der Waals surface area contributed by atoms with Crippen molar-refractivity contribution in [3.05, 3.63) is 52.7 Å². The summed E-state index contributed by atoms with van der Waals surface area (Å²) in [5.74, 6) is 0.927. The molecule has 21 heavy (non-hydrogen) atoms. The van der Waals surface area contributed by atoms with Crippen molar-refractivity contribution in [2.24, 2.45) is 0 Å². The van der Waals surface area contributed by atoms with Gasteiger partial charge in [-0.1, -0.05) is 0 Å². The number of ether oxygens (including phenoxy) is 1. The molecule has 102 valence electrons. The van der Waals surface area contributed by atoms with Crippen LogP contribution in [0.15, 0.2) is 30.3 Å². The highest BCUT2D eigenvalue weighted by molar-refractivity contribution is 5.45. The van der Waals surface area contributed by atoms with Crippen LogP contribution in [0.3, 0.4) is 0 Å². The molecule has 0 saturated carbocycles. The van der Waals surface area contributed by atoms with Crippen LogP contribution >= 0.6 is 0 Å². The van der Waals surface area contributed by atoms with Crippen LogP contribution in [0, 0.1) is 22.7 Å². The summed E-state index contributed by atoms with van der Waals surface area (Å²) in [7, 11) is 0. The summed E-state index contributed by atoms with van der Waals surface area (Å²) in [6.07, 6.45) is 4.19. The third kappa shape index (κ3) is 2.70. The lowest BCUT2D eigenvalue weighted by molar-refractivity contribution is 0.456.